The molecule has 0 aliphatic carbocycles. The molecule has 112 valence electrons. The molecule has 0 radical (unpaired) electrons. The van der Waals surface area contributed by atoms with Gasteiger partial charge in [0.1, 0.15) is 11.4 Å². The van der Waals surface area contributed by atoms with Crippen LogP contribution in [0.4, 0.5) is 0 Å². The van der Waals surface area contributed by atoms with Crippen LogP contribution in [-0.4, -0.2) is 28.4 Å². The lowest BCUT2D eigenvalue weighted by Crippen LogP contribution is -2.35. The molecule has 1 amide bonds. The van der Waals surface area contributed by atoms with Crippen LogP contribution in [0.3, 0.4) is 0 Å². The summed E-state index contributed by atoms with van der Waals surface area (Å²) in [5.74, 6) is 0.321. The minimum absolute atomic E-state index is 0.115. The Morgan fingerprint density at radius 2 is 1.95 bits per heavy atom. The van der Waals surface area contributed by atoms with Crippen molar-refractivity contribution >= 4 is 49.8 Å². The standard InChI is InChI=1S/C14H15Br2N3O2/c1-7(2)6-19-11(13(21)18-14(19)17)5-8-3-9(15)12(20)10(16)4-8/h3-5,7,20H,6H2,1-2H3,(H2,17,18,21)/b11-5-. The van der Waals surface area contributed by atoms with Crippen molar-refractivity contribution in [3.05, 3.63) is 32.3 Å². The summed E-state index contributed by atoms with van der Waals surface area (Å²) < 4.78 is 1.08. The predicted octanol–water partition coefficient (Wildman–Crippen LogP) is 3.07. The summed E-state index contributed by atoms with van der Waals surface area (Å²) in [6, 6.07) is 3.45. The molecule has 0 atom stereocenters. The van der Waals surface area contributed by atoms with Crippen molar-refractivity contribution in [1.29, 1.82) is 0 Å². The van der Waals surface area contributed by atoms with Gasteiger partial charge in [0, 0.05) is 6.54 Å². The Labute approximate surface area is 139 Å². The largest absolute Gasteiger partial charge is 0.506 e. The zero-order valence-corrected chi connectivity index (χ0v) is 14.8. The van der Waals surface area contributed by atoms with Crippen molar-refractivity contribution in [3.8, 4) is 5.75 Å². The topological polar surface area (TPSA) is 78.9 Å². The zero-order chi connectivity index (χ0) is 15.7. The molecule has 1 aromatic rings. The molecule has 0 unspecified atom stereocenters. The van der Waals surface area contributed by atoms with Crippen LogP contribution < -0.4 is 5.73 Å². The molecule has 1 aromatic carbocycles. The van der Waals surface area contributed by atoms with Crippen LogP contribution in [0.2, 0.25) is 0 Å². The highest BCUT2D eigenvalue weighted by Crippen LogP contribution is 2.34. The number of carbonyl (C=O) groups excluding carboxylic acids is 1. The number of halogens is 2. The second kappa shape index (κ2) is 6.19. The van der Waals surface area contributed by atoms with Gasteiger partial charge < -0.3 is 15.7 Å². The van der Waals surface area contributed by atoms with E-state index in [-0.39, 0.29) is 17.6 Å². The zero-order valence-electron chi connectivity index (χ0n) is 11.6. The van der Waals surface area contributed by atoms with Crippen molar-refractivity contribution in [3.63, 3.8) is 0 Å². The minimum atomic E-state index is -0.353. The summed E-state index contributed by atoms with van der Waals surface area (Å²) in [5, 5.41) is 9.72. The minimum Gasteiger partial charge on any atom is -0.506 e. The third-order valence-corrected chi connectivity index (χ3v) is 4.10. The number of hydrogen-bond acceptors (Lipinski definition) is 4. The normalized spacial score (nSPS) is 17.0. The maximum atomic E-state index is 12.0. The van der Waals surface area contributed by atoms with E-state index in [0.717, 1.165) is 5.56 Å². The molecule has 2 rings (SSSR count). The van der Waals surface area contributed by atoms with Crippen molar-refractivity contribution in [2.24, 2.45) is 16.6 Å². The maximum Gasteiger partial charge on any atom is 0.296 e. The molecule has 21 heavy (non-hydrogen) atoms. The molecule has 3 N–H and O–H groups in total. The average molecular weight is 417 g/mol. The van der Waals surface area contributed by atoms with Crippen molar-refractivity contribution in [2.75, 3.05) is 6.54 Å². The quantitative estimate of drug-likeness (QED) is 0.742. The van der Waals surface area contributed by atoms with Gasteiger partial charge in [-0.25, -0.2) is 0 Å². The highest BCUT2D eigenvalue weighted by Gasteiger charge is 2.28. The summed E-state index contributed by atoms with van der Waals surface area (Å²) in [6.07, 6.45) is 1.71. The van der Waals surface area contributed by atoms with Gasteiger partial charge in [0.2, 0.25) is 5.96 Å². The van der Waals surface area contributed by atoms with E-state index in [4.69, 9.17) is 5.73 Å². The van der Waals surface area contributed by atoms with Crippen LogP contribution in [-0.2, 0) is 4.79 Å². The number of phenolic OH excluding ortho intramolecular Hbond substituents is 1. The molecule has 0 bridgehead atoms. The number of aromatic hydroxyl groups is 1. The highest BCUT2D eigenvalue weighted by molar-refractivity contribution is 9.11. The van der Waals surface area contributed by atoms with E-state index in [9.17, 15) is 9.90 Å². The van der Waals surface area contributed by atoms with E-state index in [1.54, 1.807) is 23.1 Å². The molecule has 1 heterocycles. The molecule has 0 fully saturated rings. The SMILES string of the molecule is CC(C)CN1C(N)=NC(=O)/C1=C/c1cc(Br)c(O)c(Br)c1. The number of nitrogens with two attached hydrogens (primary N) is 1. The molecular formula is C14H15Br2N3O2. The number of benzene rings is 1. The number of carbonyl (C=O) groups is 1. The first kappa shape index (κ1) is 16.0. The Kier molecular flexibility index (Phi) is 4.73. The Morgan fingerprint density at radius 3 is 2.48 bits per heavy atom. The van der Waals surface area contributed by atoms with Crippen LogP contribution in [0.15, 0.2) is 31.8 Å². The molecular weight excluding hydrogens is 402 g/mol. The maximum absolute atomic E-state index is 12.0. The second-order valence-corrected chi connectivity index (χ2v) is 6.85. The number of guanidine groups is 1. The molecule has 0 aromatic heterocycles. The van der Waals surface area contributed by atoms with E-state index in [1.807, 2.05) is 13.8 Å². The van der Waals surface area contributed by atoms with E-state index in [2.05, 4.69) is 36.9 Å². The fourth-order valence-electron chi connectivity index (χ4n) is 1.98. The van der Waals surface area contributed by atoms with Crippen LogP contribution in [0.1, 0.15) is 19.4 Å². The van der Waals surface area contributed by atoms with E-state index in [1.165, 1.54) is 0 Å². The first-order chi connectivity index (χ1) is 9.79. The molecule has 0 spiro atoms. The van der Waals surface area contributed by atoms with Gasteiger partial charge >= 0.3 is 0 Å². The predicted molar refractivity (Wildman–Crippen MR) is 89.7 cm³/mol. The van der Waals surface area contributed by atoms with Gasteiger partial charge in [-0.2, -0.15) is 4.99 Å². The summed E-state index contributed by atoms with van der Waals surface area (Å²) in [6.45, 7) is 4.70. The van der Waals surface area contributed by atoms with Crippen molar-refractivity contribution < 1.29 is 9.90 Å². The van der Waals surface area contributed by atoms with Gasteiger partial charge in [-0.1, -0.05) is 13.8 Å². The molecule has 5 nitrogen and oxygen atoms in total. The smallest absolute Gasteiger partial charge is 0.296 e. The lowest BCUT2D eigenvalue weighted by atomic mass is 10.1. The Balaban J connectivity index is 2.41. The van der Waals surface area contributed by atoms with Crippen LogP contribution in [0.5, 0.6) is 5.75 Å². The van der Waals surface area contributed by atoms with Crippen LogP contribution in [0.25, 0.3) is 6.08 Å². The number of phenols is 1. The number of nitrogens with zero attached hydrogens (tertiary/aromatic N) is 2. The number of rotatable bonds is 3. The fourth-order valence-corrected chi connectivity index (χ4v) is 3.21. The third-order valence-electron chi connectivity index (χ3n) is 2.89. The van der Waals surface area contributed by atoms with Gasteiger partial charge in [-0.15, -0.1) is 0 Å². The van der Waals surface area contributed by atoms with Crippen LogP contribution in [0, 0.1) is 5.92 Å². The summed E-state index contributed by atoms with van der Waals surface area (Å²) in [4.78, 5) is 17.5. The molecule has 1 aliphatic rings. The first-order valence-corrected chi connectivity index (χ1v) is 7.94. The summed E-state index contributed by atoms with van der Waals surface area (Å²) in [7, 11) is 0. The van der Waals surface area contributed by atoms with Gasteiger partial charge in [0.05, 0.1) is 8.95 Å². The Hall–Kier alpha value is -1.34. The third kappa shape index (κ3) is 3.47. The molecule has 0 saturated heterocycles. The van der Waals surface area contributed by atoms with Crippen molar-refractivity contribution in [1.82, 2.24) is 4.90 Å². The molecule has 0 saturated carbocycles. The Bertz CT molecular complexity index is 631. The van der Waals surface area contributed by atoms with Gasteiger partial charge in [0.25, 0.3) is 5.91 Å². The van der Waals surface area contributed by atoms with Gasteiger partial charge in [-0.3, -0.25) is 4.79 Å². The van der Waals surface area contributed by atoms with E-state index >= 15 is 0 Å². The van der Waals surface area contributed by atoms with E-state index < -0.39 is 0 Å². The first-order valence-electron chi connectivity index (χ1n) is 6.35. The van der Waals surface area contributed by atoms with E-state index in [0.29, 0.717) is 27.1 Å². The number of amides is 1. The summed E-state index contributed by atoms with van der Waals surface area (Å²) >= 11 is 6.54. The van der Waals surface area contributed by atoms with Gasteiger partial charge in [-0.05, 0) is 61.5 Å². The van der Waals surface area contributed by atoms with Gasteiger partial charge in [0.15, 0.2) is 0 Å². The lowest BCUT2D eigenvalue weighted by Gasteiger charge is -2.20. The fraction of sp³-hybridized carbons (Fsp3) is 0.286. The molecule has 1 aliphatic heterocycles. The molecule has 7 heteroatoms. The number of aliphatic imine (C=N–C) groups is 1. The number of hydrogen-bond donors (Lipinski definition) is 2. The second-order valence-electron chi connectivity index (χ2n) is 5.14. The lowest BCUT2D eigenvalue weighted by molar-refractivity contribution is -0.114. The van der Waals surface area contributed by atoms with Crippen LogP contribution >= 0.6 is 31.9 Å². The summed E-state index contributed by atoms with van der Waals surface area (Å²) in [5.41, 5.74) is 7.00. The Morgan fingerprint density at radius 1 is 1.38 bits per heavy atom. The van der Waals surface area contributed by atoms with Crippen molar-refractivity contribution in [2.45, 2.75) is 13.8 Å². The highest BCUT2D eigenvalue weighted by atomic mass is 79.9. The monoisotopic (exact) mass is 415 g/mol. The average Bonchev–Trinajstić information content (AvgIpc) is 2.62.